The Hall–Kier alpha value is -3.07. The lowest BCUT2D eigenvalue weighted by Gasteiger charge is -2.11. The number of sulfone groups is 1. The van der Waals surface area contributed by atoms with E-state index in [0.29, 0.717) is 33.4 Å². The van der Waals surface area contributed by atoms with Crippen LogP contribution >= 0.6 is 23.2 Å². The summed E-state index contributed by atoms with van der Waals surface area (Å²) in [5.74, 6) is -0.616. The van der Waals surface area contributed by atoms with Crippen LogP contribution in [0.2, 0.25) is 10.0 Å². The van der Waals surface area contributed by atoms with E-state index in [0.717, 1.165) is 11.1 Å². The third kappa shape index (κ3) is 5.61. The molecule has 0 radical (unpaired) electrons. The lowest BCUT2D eigenvalue weighted by molar-refractivity contribution is 0.252. The van der Waals surface area contributed by atoms with Crippen LogP contribution in [0.4, 0.5) is 14.9 Å². The van der Waals surface area contributed by atoms with Gasteiger partial charge in [0.25, 0.3) is 0 Å². The summed E-state index contributed by atoms with van der Waals surface area (Å²) < 4.78 is 41.9. The molecule has 0 saturated heterocycles. The van der Waals surface area contributed by atoms with Crippen LogP contribution in [0.15, 0.2) is 71.6 Å². The van der Waals surface area contributed by atoms with Gasteiger partial charge in [0.2, 0.25) is 0 Å². The first-order valence-corrected chi connectivity index (χ1v) is 13.1. The predicted molar refractivity (Wildman–Crippen MR) is 138 cm³/mol. The molecule has 0 aliphatic rings. The molecular formula is C25H22Cl2FN3O3S. The van der Waals surface area contributed by atoms with Gasteiger partial charge in [0.15, 0.2) is 9.84 Å². The number of nitrogens with zero attached hydrogens (tertiary/aromatic N) is 1. The number of rotatable bonds is 7. The summed E-state index contributed by atoms with van der Waals surface area (Å²) in [6.07, 6.45) is 0. The maximum absolute atomic E-state index is 13.3. The number of halogens is 3. The van der Waals surface area contributed by atoms with E-state index < -0.39 is 15.9 Å². The summed E-state index contributed by atoms with van der Waals surface area (Å²) in [7, 11) is -3.74. The van der Waals surface area contributed by atoms with Crippen molar-refractivity contribution < 1.29 is 17.6 Å². The maximum atomic E-state index is 13.3. The first kappa shape index (κ1) is 25.0. The van der Waals surface area contributed by atoms with Gasteiger partial charge < -0.3 is 15.2 Å². The molecule has 182 valence electrons. The minimum atomic E-state index is -3.74. The fourth-order valence-corrected chi connectivity index (χ4v) is 5.86. The van der Waals surface area contributed by atoms with E-state index in [9.17, 15) is 17.6 Å². The molecule has 0 fully saturated rings. The van der Waals surface area contributed by atoms with Gasteiger partial charge in [-0.1, -0.05) is 53.5 Å². The molecule has 4 aromatic rings. The highest BCUT2D eigenvalue weighted by atomic mass is 35.5. The molecule has 3 aromatic carbocycles. The summed E-state index contributed by atoms with van der Waals surface area (Å²) in [5, 5.41) is 6.41. The molecule has 0 atom stereocenters. The molecular weight excluding hydrogens is 512 g/mol. The number of hydrogen-bond donors (Lipinski definition) is 2. The van der Waals surface area contributed by atoms with Crippen LogP contribution in [0.25, 0.3) is 10.9 Å². The summed E-state index contributed by atoms with van der Waals surface area (Å²) >= 11 is 11.8. The first-order valence-electron chi connectivity index (χ1n) is 10.7. The van der Waals surface area contributed by atoms with E-state index in [1.165, 1.54) is 18.2 Å². The summed E-state index contributed by atoms with van der Waals surface area (Å²) in [6, 6.07) is 17.4. The number of fused-ring (bicyclic) bond motifs is 1. The molecule has 0 aliphatic heterocycles. The second kappa shape index (κ2) is 10.3. The average molecular weight is 534 g/mol. The van der Waals surface area contributed by atoms with Crippen molar-refractivity contribution in [3.8, 4) is 0 Å². The Morgan fingerprint density at radius 2 is 1.71 bits per heavy atom. The largest absolute Gasteiger partial charge is 0.339 e. The van der Waals surface area contributed by atoms with Gasteiger partial charge in [-0.05, 0) is 48.9 Å². The van der Waals surface area contributed by atoms with Crippen LogP contribution in [0.3, 0.4) is 0 Å². The van der Waals surface area contributed by atoms with Gasteiger partial charge in [0.1, 0.15) is 5.82 Å². The number of aromatic nitrogens is 1. The minimum absolute atomic E-state index is 0.0909. The number of carbonyl (C=O) groups is 1. The number of benzene rings is 3. The Bertz CT molecular complexity index is 1500. The van der Waals surface area contributed by atoms with E-state index in [1.807, 2.05) is 16.7 Å². The number of anilines is 1. The van der Waals surface area contributed by atoms with Gasteiger partial charge in [0.05, 0.1) is 20.7 Å². The third-order valence-corrected chi connectivity index (χ3v) is 8.19. The molecule has 0 aliphatic carbocycles. The Balaban J connectivity index is 1.51. The molecule has 4 rings (SSSR count). The van der Waals surface area contributed by atoms with Crippen molar-refractivity contribution in [3.63, 3.8) is 0 Å². The highest BCUT2D eigenvalue weighted by Crippen LogP contribution is 2.31. The van der Waals surface area contributed by atoms with Crippen LogP contribution in [0, 0.1) is 12.7 Å². The van der Waals surface area contributed by atoms with Crippen molar-refractivity contribution in [2.75, 3.05) is 17.6 Å². The SMILES string of the molecule is Cc1c(S(=O)(=O)CCNC(=O)Nc2ccc(Cl)c(Cl)c2)c2ccccc2n1Cc1ccc(F)cc1. The second-order valence-electron chi connectivity index (χ2n) is 7.97. The molecule has 2 amide bonds. The molecule has 2 N–H and O–H groups in total. The number of para-hydroxylation sites is 1. The maximum Gasteiger partial charge on any atom is 0.319 e. The van der Waals surface area contributed by atoms with Gasteiger partial charge in [0, 0.05) is 35.4 Å². The second-order valence-corrected chi connectivity index (χ2v) is 10.8. The standard InChI is InChI=1S/C25H22Cl2FN3O3S/c1-16-24(20-4-2-3-5-23(20)31(16)15-17-6-8-18(28)9-7-17)35(33,34)13-12-29-25(32)30-19-10-11-21(26)22(27)14-19/h2-11,14H,12-13,15H2,1H3,(H2,29,30,32). The van der Waals surface area contributed by atoms with Crippen molar-refractivity contribution in [1.29, 1.82) is 0 Å². The molecule has 0 bridgehead atoms. The monoisotopic (exact) mass is 533 g/mol. The molecule has 0 unspecified atom stereocenters. The fourth-order valence-electron chi connectivity index (χ4n) is 3.92. The Morgan fingerprint density at radius 1 is 1.00 bits per heavy atom. The third-order valence-electron chi connectivity index (χ3n) is 5.57. The van der Waals surface area contributed by atoms with Crippen LogP contribution in [-0.2, 0) is 16.4 Å². The number of hydrogen-bond acceptors (Lipinski definition) is 3. The molecule has 0 saturated carbocycles. The zero-order valence-electron chi connectivity index (χ0n) is 18.7. The molecule has 35 heavy (non-hydrogen) atoms. The molecule has 6 nitrogen and oxygen atoms in total. The highest BCUT2D eigenvalue weighted by Gasteiger charge is 2.25. The van der Waals surface area contributed by atoms with Crippen LogP contribution in [-0.4, -0.2) is 31.3 Å². The molecule has 1 aromatic heterocycles. The lowest BCUT2D eigenvalue weighted by atomic mass is 10.2. The first-order chi connectivity index (χ1) is 16.7. The van der Waals surface area contributed by atoms with Crippen molar-refractivity contribution in [3.05, 3.63) is 93.8 Å². The summed E-state index contributed by atoms with van der Waals surface area (Å²) in [4.78, 5) is 12.4. The summed E-state index contributed by atoms with van der Waals surface area (Å²) in [5.41, 5.74) is 2.62. The van der Waals surface area contributed by atoms with Crippen LogP contribution in [0.1, 0.15) is 11.3 Å². The number of urea groups is 1. The van der Waals surface area contributed by atoms with Crippen molar-refractivity contribution >= 4 is 55.7 Å². The molecule has 1 heterocycles. The smallest absolute Gasteiger partial charge is 0.319 e. The zero-order valence-corrected chi connectivity index (χ0v) is 21.0. The van der Waals surface area contributed by atoms with E-state index in [1.54, 1.807) is 43.3 Å². The van der Waals surface area contributed by atoms with Crippen LogP contribution < -0.4 is 10.6 Å². The fraction of sp³-hybridized carbons (Fsp3) is 0.160. The Kier molecular flexibility index (Phi) is 7.35. The number of nitrogens with one attached hydrogen (secondary N) is 2. The number of amides is 2. The Morgan fingerprint density at radius 3 is 2.43 bits per heavy atom. The van der Waals surface area contributed by atoms with Crippen molar-refractivity contribution in [1.82, 2.24) is 9.88 Å². The van der Waals surface area contributed by atoms with Gasteiger partial charge in [-0.15, -0.1) is 0 Å². The average Bonchev–Trinajstić information content (AvgIpc) is 3.09. The highest BCUT2D eigenvalue weighted by molar-refractivity contribution is 7.91. The Labute approximate surface area is 212 Å². The lowest BCUT2D eigenvalue weighted by Crippen LogP contribution is -2.33. The van der Waals surface area contributed by atoms with Gasteiger partial charge in [-0.2, -0.15) is 0 Å². The quantitative estimate of drug-likeness (QED) is 0.304. The van der Waals surface area contributed by atoms with Gasteiger partial charge >= 0.3 is 6.03 Å². The predicted octanol–water partition coefficient (Wildman–Crippen LogP) is 6.04. The van der Waals surface area contributed by atoms with Crippen molar-refractivity contribution in [2.45, 2.75) is 18.4 Å². The van der Waals surface area contributed by atoms with Gasteiger partial charge in [-0.25, -0.2) is 17.6 Å². The van der Waals surface area contributed by atoms with E-state index >= 15 is 0 Å². The number of carbonyl (C=O) groups excluding carboxylic acids is 1. The molecule has 0 spiro atoms. The van der Waals surface area contributed by atoms with E-state index in [4.69, 9.17) is 23.2 Å². The minimum Gasteiger partial charge on any atom is -0.339 e. The summed E-state index contributed by atoms with van der Waals surface area (Å²) in [6.45, 7) is 2.06. The topological polar surface area (TPSA) is 80.2 Å². The zero-order chi connectivity index (χ0) is 25.2. The van der Waals surface area contributed by atoms with E-state index in [2.05, 4.69) is 10.6 Å². The van der Waals surface area contributed by atoms with Crippen LogP contribution in [0.5, 0.6) is 0 Å². The normalized spacial score (nSPS) is 11.5. The molecule has 10 heteroatoms. The van der Waals surface area contributed by atoms with Crippen molar-refractivity contribution in [2.24, 2.45) is 0 Å². The van der Waals surface area contributed by atoms with Gasteiger partial charge in [-0.3, -0.25) is 0 Å². The van der Waals surface area contributed by atoms with E-state index in [-0.39, 0.29) is 23.0 Å².